The van der Waals surface area contributed by atoms with Gasteiger partial charge in [-0.2, -0.15) is 0 Å². The van der Waals surface area contributed by atoms with Gasteiger partial charge in [-0.15, -0.1) is 11.3 Å². The van der Waals surface area contributed by atoms with Gasteiger partial charge in [0.2, 0.25) is 10.0 Å². The van der Waals surface area contributed by atoms with Crippen molar-refractivity contribution in [2.45, 2.75) is 11.4 Å². The molecule has 0 aliphatic carbocycles. The number of sulfonamides is 1. The van der Waals surface area contributed by atoms with Gasteiger partial charge in [-0.3, -0.25) is 0 Å². The lowest BCUT2D eigenvalue weighted by molar-refractivity contribution is 0.579. The second-order valence-electron chi connectivity index (χ2n) is 3.62. The zero-order valence-electron chi connectivity index (χ0n) is 9.43. The van der Waals surface area contributed by atoms with E-state index in [9.17, 15) is 8.42 Å². The number of hydrogen-bond donors (Lipinski definition) is 2. The number of anilines is 1. The van der Waals surface area contributed by atoms with Gasteiger partial charge in [0.05, 0.1) is 17.7 Å². The number of nitrogens with one attached hydrogen (secondary N) is 1. The molecule has 1 heterocycles. The molecule has 1 aromatic heterocycles. The van der Waals surface area contributed by atoms with Crippen LogP contribution in [0.1, 0.15) is 5.69 Å². The third-order valence-corrected chi connectivity index (χ3v) is 6.13. The second kappa shape index (κ2) is 5.88. The average Bonchev–Trinajstić information content (AvgIpc) is 2.77. The van der Waals surface area contributed by atoms with Crippen LogP contribution in [0.15, 0.2) is 36.9 Å². The Kier molecular flexibility index (Phi) is 4.62. The van der Waals surface area contributed by atoms with Crippen LogP contribution in [0.5, 0.6) is 0 Å². The second-order valence-corrected chi connectivity index (χ2v) is 7.75. The Hall–Kier alpha value is -0.480. The molecule has 0 saturated heterocycles. The molecule has 0 saturated carbocycles. The van der Waals surface area contributed by atoms with Gasteiger partial charge in [0, 0.05) is 20.0 Å². The minimum absolute atomic E-state index is 0.122. The molecular weight excluding hydrogens is 418 g/mol. The molecule has 0 fully saturated rings. The fourth-order valence-corrected chi connectivity index (χ4v) is 5.57. The van der Waals surface area contributed by atoms with E-state index in [0.29, 0.717) is 20.3 Å². The van der Waals surface area contributed by atoms with Gasteiger partial charge in [-0.1, -0.05) is 0 Å². The number of hydrogen-bond acceptors (Lipinski definition) is 5. The minimum atomic E-state index is -3.65. The number of benzene rings is 1. The van der Waals surface area contributed by atoms with E-state index in [4.69, 9.17) is 5.73 Å². The quantitative estimate of drug-likeness (QED) is 0.736. The lowest BCUT2D eigenvalue weighted by atomic mass is 10.3. The van der Waals surface area contributed by atoms with Crippen LogP contribution in [0.4, 0.5) is 5.69 Å². The maximum absolute atomic E-state index is 12.2. The first kappa shape index (κ1) is 14.9. The SMILES string of the molecule is Nc1cc(Br)c(S(=O)(=O)NCc2cscn2)c(Br)c1. The maximum Gasteiger partial charge on any atom is 0.243 e. The molecule has 0 atom stereocenters. The fourth-order valence-electron chi connectivity index (χ4n) is 1.40. The van der Waals surface area contributed by atoms with Crippen LogP contribution in [0.3, 0.4) is 0 Å². The summed E-state index contributed by atoms with van der Waals surface area (Å²) < 4.78 is 27.8. The highest BCUT2D eigenvalue weighted by molar-refractivity contribution is 9.11. The zero-order chi connectivity index (χ0) is 14.0. The van der Waals surface area contributed by atoms with Crippen LogP contribution in [0.25, 0.3) is 0 Å². The maximum atomic E-state index is 12.2. The Morgan fingerprint density at radius 3 is 2.47 bits per heavy atom. The fraction of sp³-hybridized carbons (Fsp3) is 0.100. The number of rotatable bonds is 4. The zero-order valence-corrected chi connectivity index (χ0v) is 14.2. The Labute approximate surface area is 131 Å². The lowest BCUT2D eigenvalue weighted by Crippen LogP contribution is -2.24. The highest BCUT2D eigenvalue weighted by atomic mass is 79.9. The molecule has 0 radical (unpaired) electrons. The summed E-state index contributed by atoms with van der Waals surface area (Å²) in [4.78, 5) is 4.14. The molecule has 3 N–H and O–H groups in total. The molecule has 1 aromatic carbocycles. The largest absolute Gasteiger partial charge is 0.399 e. The molecule has 0 bridgehead atoms. The van der Waals surface area contributed by atoms with E-state index in [2.05, 4.69) is 41.6 Å². The molecule has 2 aromatic rings. The van der Waals surface area contributed by atoms with Gasteiger partial charge in [0.25, 0.3) is 0 Å². The summed E-state index contributed by atoms with van der Waals surface area (Å²) in [5.41, 5.74) is 8.44. The number of aromatic nitrogens is 1. The van der Waals surface area contributed by atoms with E-state index < -0.39 is 10.0 Å². The number of nitrogens with two attached hydrogens (primary N) is 1. The molecule has 9 heteroatoms. The summed E-state index contributed by atoms with van der Waals surface area (Å²) in [6, 6.07) is 3.09. The predicted molar refractivity (Wildman–Crippen MR) is 82.4 cm³/mol. The topological polar surface area (TPSA) is 85.1 Å². The van der Waals surface area contributed by atoms with Crippen LogP contribution >= 0.6 is 43.2 Å². The summed E-state index contributed by atoms with van der Waals surface area (Å²) in [5.74, 6) is 0. The highest BCUT2D eigenvalue weighted by Gasteiger charge is 2.21. The summed E-state index contributed by atoms with van der Waals surface area (Å²) in [6.45, 7) is 0.148. The first-order valence-electron chi connectivity index (χ1n) is 5.01. The molecule has 0 spiro atoms. The van der Waals surface area contributed by atoms with Crippen molar-refractivity contribution < 1.29 is 8.42 Å². The molecule has 19 heavy (non-hydrogen) atoms. The van der Waals surface area contributed by atoms with Crippen molar-refractivity contribution in [2.75, 3.05) is 5.73 Å². The van der Waals surface area contributed by atoms with Crippen molar-refractivity contribution in [2.24, 2.45) is 0 Å². The highest BCUT2D eigenvalue weighted by Crippen LogP contribution is 2.32. The van der Waals surface area contributed by atoms with Crippen LogP contribution in [-0.2, 0) is 16.6 Å². The number of halogens is 2. The number of nitrogen functional groups attached to an aromatic ring is 1. The van der Waals surface area contributed by atoms with Crippen molar-refractivity contribution in [3.05, 3.63) is 37.7 Å². The van der Waals surface area contributed by atoms with Crippen LogP contribution in [0, 0.1) is 0 Å². The number of nitrogens with zero attached hydrogens (tertiary/aromatic N) is 1. The monoisotopic (exact) mass is 425 g/mol. The summed E-state index contributed by atoms with van der Waals surface area (Å²) in [5, 5.41) is 1.79. The third kappa shape index (κ3) is 3.54. The summed E-state index contributed by atoms with van der Waals surface area (Å²) in [7, 11) is -3.65. The van der Waals surface area contributed by atoms with E-state index in [1.165, 1.54) is 11.3 Å². The molecule has 0 unspecified atom stereocenters. The first-order valence-corrected chi connectivity index (χ1v) is 9.02. The predicted octanol–water partition coefficient (Wildman–Crippen LogP) is 2.73. The van der Waals surface area contributed by atoms with Crippen molar-refractivity contribution in [1.29, 1.82) is 0 Å². The normalized spacial score (nSPS) is 11.7. The molecule has 0 aliphatic heterocycles. The van der Waals surface area contributed by atoms with Crippen LogP contribution in [0.2, 0.25) is 0 Å². The molecule has 0 aliphatic rings. The van der Waals surface area contributed by atoms with Crippen molar-refractivity contribution >= 4 is 58.9 Å². The van der Waals surface area contributed by atoms with Gasteiger partial charge < -0.3 is 5.73 Å². The Balaban J connectivity index is 2.29. The smallest absolute Gasteiger partial charge is 0.243 e. The standard InChI is InChI=1S/C10H9Br2N3O2S2/c11-8-1-6(13)2-9(12)10(8)19(16,17)15-3-7-4-18-5-14-7/h1-2,4-5,15H,3,13H2. The Morgan fingerprint density at radius 1 is 1.32 bits per heavy atom. The molecule has 102 valence electrons. The van der Waals surface area contributed by atoms with Gasteiger partial charge in [-0.05, 0) is 44.0 Å². The van der Waals surface area contributed by atoms with E-state index in [1.54, 1.807) is 23.0 Å². The van der Waals surface area contributed by atoms with E-state index in [1.807, 2.05) is 0 Å². The van der Waals surface area contributed by atoms with E-state index >= 15 is 0 Å². The van der Waals surface area contributed by atoms with Crippen molar-refractivity contribution in [3.8, 4) is 0 Å². The first-order chi connectivity index (χ1) is 8.90. The molecule has 5 nitrogen and oxygen atoms in total. The molecule has 2 rings (SSSR count). The Bertz CT molecular complexity index is 664. The Morgan fingerprint density at radius 2 is 1.95 bits per heavy atom. The summed E-state index contributed by atoms with van der Waals surface area (Å²) >= 11 is 7.83. The van der Waals surface area contributed by atoms with Gasteiger partial charge in [0.15, 0.2) is 0 Å². The summed E-state index contributed by atoms with van der Waals surface area (Å²) in [6.07, 6.45) is 0. The van der Waals surface area contributed by atoms with Crippen LogP contribution in [-0.4, -0.2) is 13.4 Å². The van der Waals surface area contributed by atoms with E-state index in [-0.39, 0.29) is 11.4 Å². The van der Waals surface area contributed by atoms with E-state index in [0.717, 1.165) is 0 Å². The lowest BCUT2D eigenvalue weighted by Gasteiger charge is -2.10. The minimum Gasteiger partial charge on any atom is -0.399 e. The van der Waals surface area contributed by atoms with Crippen molar-refractivity contribution in [3.63, 3.8) is 0 Å². The average molecular weight is 427 g/mol. The van der Waals surface area contributed by atoms with Crippen LogP contribution < -0.4 is 10.5 Å². The molecular formula is C10H9Br2N3O2S2. The van der Waals surface area contributed by atoms with Gasteiger partial charge in [0.1, 0.15) is 4.90 Å². The van der Waals surface area contributed by atoms with Gasteiger partial charge >= 0.3 is 0 Å². The van der Waals surface area contributed by atoms with Gasteiger partial charge in [-0.25, -0.2) is 18.1 Å². The number of thiazole rings is 1. The van der Waals surface area contributed by atoms with Crippen molar-refractivity contribution in [1.82, 2.24) is 9.71 Å². The molecule has 0 amide bonds. The third-order valence-electron chi connectivity index (χ3n) is 2.22.